The highest BCUT2D eigenvalue weighted by Crippen LogP contribution is 2.39. The molecular weight excluding hydrogens is 586 g/mol. The summed E-state index contributed by atoms with van der Waals surface area (Å²) < 4.78 is 5.63. The Bertz CT molecular complexity index is 1510. The number of anilines is 1. The van der Waals surface area contributed by atoms with Gasteiger partial charge < -0.3 is 15.0 Å². The Morgan fingerprint density at radius 1 is 0.956 bits per heavy atom. The predicted molar refractivity (Wildman–Crippen MR) is 177 cm³/mol. The number of methoxy groups -OCH3 is 1. The molecular formula is C35H43N5O4S. The number of piperidine rings is 1. The number of rotatable bonds is 9. The number of thiazole rings is 1. The molecule has 3 fully saturated rings. The highest BCUT2D eigenvalue weighted by atomic mass is 32.1. The molecule has 2 aromatic carbocycles. The number of carbonyl (C=O) groups excluding carboxylic acids is 3. The fraction of sp³-hybridized carbons (Fsp3) is 0.486. The Labute approximate surface area is 269 Å². The molecule has 1 saturated carbocycles. The van der Waals surface area contributed by atoms with E-state index in [9.17, 15) is 14.4 Å². The Morgan fingerprint density at radius 3 is 2.40 bits per heavy atom. The van der Waals surface area contributed by atoms with Gasteiger partial charge in [-0.25, -0.2) is 4.98 Å². The fourth-order valence-corrected chi connectivity index (χ4v) is 7.72. The number of likely N-dealkylation sites (tertiary alicyclic amines) is 2. The smallest absolute Gasteiger partial charge is 0.257 e. The van der Waals surface area contributed by atoms with Crippen LogP contribution in [0.25, 0.3) is 11.3 Å². The van der Waals surface area contributed by atoms with Gasteiger partial charge >= 0.3 is 0 Å². The van der Waals surface area contributed by atoms with Crippen LogP contribution in [0, 0.1) is 0 Å². The molecule has 0 bridgehead atoms. The molecule has 0 radical (unpaired) electrons. The molecule has 2 N–H and O–H groups in total. The first-order chi connectivity index (χ1) is 21.9. The molecule has 0 spiro atoms. The minimum atomic E-state index is -0.263. The van der Waals surface area contributed by atoms with E-state index in [1.807, 2.05) is 23.3 Å². The molecule has 2 saturated heterocycles. The Hall–Kier alpha value is -3.76. The normalized spacial score (nSPS) is 19.5. The lowest BCUT2D eigenvalue weighted by atomic mass is 9.95. The zero-order valence-corrected chi connectivity index (χ0v) is 27.0. The van der Waals surface area contributed by atoms with Crippen LogP contribution in [-0.4, -0.2) is 77.9 Å². The number of nitrogens with one attached hydrogen (secondary N) is 2. The molecule has 9 nitrogen and oxygen atoms in total. The number of aromatic nitrogens is 1. The van der Waals surface area contributed by atoms with Crippen LogP contribution < -0.4 is 15.4 Å². The van der Waals surface area contributed by atoms with E-state index in [0.717, 1.165) is 49.4 Å². The van der Waals surface area contributed by atoms with Crippen LogP contribution in [0.1, 0.15) is 90.5 Å². The second kappa shape index (κ2) is 14.1. The molecule has 3 amide bonds. The van der Waals surface area contributed by atoms with Gasteiger partial charge in [-0.2, -0.15) is 0 Å². The lowest BCUT2D eigenvalue weighted by Gasteiger charge is -2.36. The van der Waals surface area contributed by atoms with Crippen LogP contribution in [0.15, 0.2) is 47.8 Å². The number of nitrogens with zero attached hydrogens (tertiary/aromatic N) is 3. The molecule has 3 aromatic rings. The third-order valence-corrected chi connectivity index (χ3v) is 10.4. The van der Waals surface area contributed by atoms with Gasteiger partial charge in [0.25, 0.3) is 11.8 Å². The summed E-state index contributed by atoms with van der Waals surface area (Å²) in [5.74, 6) is 1.19. The van der Waals surface area contributed by atoms with Crippen LogP contribution in [-0.2, 0) is 4.79 Å². The zero-order valence-electron chi connectivity index (χ0n) is 26.2. The van der Waals surface area contributed by atoms with Crippen molar-refractivity contribution in [2.24, 2.45) is 0 Å². The van der Waals surface area contributed by atoms with Gasteiger partial charge in [0.2, 0.25) is 5.91 Å². The van der Waals surface area contributed by atoms with Crippen LogP contribution in [0.5, 0.6) is 5.75 Å². The predicted octanol–water partition coefficient (Wildman–Crippen LogP) is 5.93. The average molecular weight is 630 g/mol. The number of carbonyl (C=O) groups is 3. The number of ether oxygens (including phenoxy) is 1. The highest BCUT2D eigenvalue weighted by molar-refractivity contribution is 7.14. The van der Waals surface area contributed by atoms with Gasteiger partial charge in [0.15, 0.2) is 5.13 Å². The standard InChI is InChI=1S/C35H43N5O4S/c1-3-32(41)36-27-14-17-40(21-27)28-15-18-39(19-16-28)34(43)25-10-8-24(9-11-25)33(42)38-35-37-30(22-45-35)29-20-26(12-13-31(29)44-2)23-6-4-5-7-23/h8-13,20,22-23,27-28H,3-7,14-19,21H2,1-2H3,(H,36,41)(H,37,38,42). The second-order valence-electron chi connectivity index (χ2n) is 12.4. The van der Waals surface area contributed by atoms with Gasteiger partial charge in [-0.1, -0.05) is 25.8 Å². The van der Waals surface area contributed by atoms with E-state index in [-0.39, 0.29) is 23.8 Å². The first kappa shape index (κ1) is 31.2. The summed E-state index contributed by atoms with van der Waals surface area (Å²) in [5.41, 5.74) is 4.10. The van der Waals surface area contributed by atoms with Gasteiger partial charge in [-0.05, 0) is 80.0 Å². The van der Waals surface area contributed by atoms with Gasteiger partial charge in [0, 0.05) is 66.8 Å². The quantitative estimate of drug-likeness (QED) is 0.304. The van der Waals surface area contributed by atoms with Crippen molar-refractivity contribution < 1.29 is 19.1 Å². The van der Waals surface area contributed by atoms with Crippen molar-refractivity contribution >= 4 is 34.2 Å². The molecule has 1 atom stereocenters. The first-order valence-corrected chi connectivity index (χ1v) is 17.2. The van der Waals surface area contributed by atoms with Crippen molar-refractivity contribution in [3.63, 3.8) is 0 Å². The maximum Gasteiger partial charge on any atom is 0.257 e. The Morgan fingerprint density at radius 2 is 1.69 bits per heavy atom. The van der Waals surface area contributed by atoms with Crippen LogP contribution in [0.4, 0.5) is 5.13 Å². The lowest BCUT2D eigenvalue weighted by molar-refractivity contribution is -0.121. The number of benzene rings is 2. The summed E-state index contributed by atoms with van der Waals surface area (Å²) in [6.07, 6.45) is 8.32. The Balaban J connectivity index is 1.02. The summed E-state index contributed by atoms with van der Waals surface area (Å²) >= 11 is 1.38. The van der Waals surface area contributed by atoms with E-state index in [4.69, 9.17) is 9.72 Å². The van der Waals surface area contributed by atoms with E-state index in [2.05, 4.69) is 27.7 Å². The van der Waals surface area contributed by atoms with E-state index in [0.29, 0.717) is 47.7 Å². The monoisotopic (exact) mass is 629 g/mol. The van der Waals surface area contributed by atoms with Gasteiger partial charge in [0.1, 0.15) is 5.75 Å². The number of amides is 3. The van der Waals surface area contributed by atoms with Crippen molar-refractivity contribution in [2.45, 2.75) is 76.3 Å². The SMILES string of the molecule is CCC(=O)NC1CCN(C2CCN(C(=O)c3ccc(C(=O)Nc4nc(-c5cc(C6CCCC6)ccc5OC)cs4)cc3)CC2)C1. The van der Waals surface area contributed by atoms with Gasteiger partial charge in [0.05, 0.1) is 12.8 Å². The van der Waals surface area contributed by atoms with E-state index in [1.165, 1.54) is 42.6 Å². The molecule has 3 heterocycles. The third-order valence-electron chi connectivity index (χ3n) is 9.62. The van der Waals surface area contributed by atoms with Crippen molar-refractivity contribution in [2.75, 3.05) is 38.6 Å². The topological polar surface area (TPSA) is 104 Å². The first-order valence-electron chi connectivity index (χ1n) is 16.3. The zero-order chi connectivity index (χ0) is 31.3. The lowest BCUT2D eigenvalue weighted by Crippen LogP contribution is -2.47. The van der Waals surface area contributed by atoms with Crippen molar-refractivity contribution in [3.05, 3.63) is 64.5 Å². The molecule has 2 aliphatic heterocycles. The molecule has 1 aliphatic carbocycles. The molecule has 45 heavy (non-hydrogen) atoms. The minimum Gasteiger partial charge on any atom is -0.496 e. The minimum absolute atomic E-state index is 0.00624. The molecule has 10 heteroatoms. The highest BCUT2D eigenvalue weighted by Gasteiger charge is 2.32. The summed E-state index contributed by atoms with van der Waals surface area (Å²) in [4.78, 5) is 47.1. The van der Waals surface area contributed by atoms with Crippen LogP contribution in [0.2, 0.25) is 0 Å². The van der Waals surface area contributed by atoms with Gasteiger partial charge in [-0.3, -0.25) is 24.6 Å². The van der Waals surface area contributed by atoms with Crippen LogP contribution in [0.3, 0.4) is 0 Å². The maximum absolute atomic E-state index is 13.2. The molecule has 1 aromatic heterocycles. The maximum atomic E-state index is 13.2. The average Bonchev–Trinajstić information content (AvgIpc) is 3.87. The van der Waals surface area contributed by atoms with Crippen LogP contribution >= 0.6 is 11.3 Å². The van der Waals surface area contributed by atoms with Crippen molar-refractivity contribution in [1.82, 2.24) is 20.1 Å². The summed E-state index contributed by atoms with van der Waals surface area (Å²) in [6, 6.07) is 13.9. The largest absolute Gasteiger partial charge is 0.496 e. The van der Waals surface area contributed by atoms with Crippen molar-refractivity contribution in [1.29, 1.82) is 0 Å². The van der Waals surface area contributed by atoms with E-state index in [1.54, 1.807) is 31.4 Å². The summed E-state index contributed by atoms with van der Waals surface area (Å²) in [5, 5.41) is 8.50. The van der Waals surface area contributed by atoms with E-state index >= 15 is 0 Å². The molecule has 3 aliphatic rings. The number of hydrogen-bond acceptors (Lipinski definition) is 7. The molecule has 1 unspecified atom stereocenters. The van der Waals surface area contributed by atoms with Crippen molar-refractivity contribution in [3.8, 4) is 17.0 Å². The van der Waals surface area contributed by atoms with E-state index < -0.39 is 0 Å². The summed E-state index contributed by atoms with van der Waals surface area (Å²) in [6.45, 7) is 5.16. The summed E-state index contributed by atoms with van der Waals surface area (Å²) in [7, 11) is 1.67. The number of hydrogen-bond donors (Lipinski definition) is 2. The molecule has 238 valence electrons. The fourth-order valence-electron chi connectivity index (χ4n) is 7.01. The molecule has 6 rings (SSSR count). The van der Waals surface area contributed by atoms with Gasteiger partial charge in [-0.15, -0.1) is 11.3 Å². The third kappa shape index (κ3) is 7.23. The second-order valence-corrected chi connectivity index (χ2v) is 13.3. The Kier molecular flexibility index (Phi) is 9.80.